The number of aromatic nitrogens is 3. The summed E-state index contributed by atoms with van der Waals surface area (Å²) < 4.78 is 15.2. The van der Waals surface area contributed by atoms with Gasteiger partial charge in [-0.2, -0.15) is 0 Å². The highest BCUT2D eigenvalue weighted by molar-refractivity contribution is 7.99. The standard InChI is InChI=1S/C18H18FN3S/c1-3-22-17(15-9-11-16(19)12-10-15)20-21-18(22)23-13(2)14-7-5-4-6-8-14/h4-13H,3H2,1-2H3. The molecule has 0 saturated heterocycles. The summed E-state index contributed by atoms with van der Waals surface area (Å²) in [5.74, 6) is 0.527. The first-order chi connectivity index (χ1) is 11.2. The summed E-state index contributed by atoms with van der Waals surface area (Å²) in [6, 6.07) is 16.7. The third-order valence-electron chi connectivity index (χ3n) is 3.69. The predicted octanol–water partition coefficient (Wildman–Crippen LogP) is 4.96. The Bertz CT molecular complexity index is 769. The lowest BCUT2D eigenvalue weighted by Gasteiger charge is -2.12. The molecule has 0 saturated carbocycles. The maximum absolute atomic E-state index is 13.1. The molecule has 0 fully saturated rings. The molecule has 0 amide bonds. The second kappa shape index (κ2) is 6.96. The van der Waals surface area contributed by atoms with Crippen molar-refractivity contribution in [2.75, 3.05) is 0 Å². The van der Waals surface area contributed by atoms with Gasteiger partial charge in [0.25, 0.3) is 0 Å². The molecule has 23 heavy (non-hydrogen) atoms. The topological polar surface area (TPSA) is 30.7 Å². The highest BCUT2D eigenvalue weighted by Crippen LogP contribution is 2.35. The fraction of sp³-hybridized carbons (Fsp3) is 0.222. The molecule has 0 N–H and O–H groups in total. The van der Waals surface area contributed by atoms with Crippen LogP contribution in [0.3, 0.4) is 0 Å². The second-order valence-electron chi connectivity index (χ2n) is 5.23. The highest BCUT2D eigenvalue weighted by atomic mass is 32.2. The fourth-order valence-electron chi connectivity index (χ4n) is 2.42. The smallest absolute Gasteiger partial charge is 0.192 e. The molecule has 0 aliphatic carbocycles. The van der Waals surface area contributed by atoms with Gasteiger partial charge in [-0.3, -0.25) is 0 Å². The molecule has 3 nitrogen and oxygen atoms in total. The molecule has 3 rings (SSSR count). The lowest BCUT2D eigenvalue weighted by Crippen LogP contribution is -2.01. The van der Waals surface area contributed by atoms with Crippen LogP contribution in [0.4, 0.5) is 4.39 Å². The van der Waals surface area contributed by atoms with Gasteiger partial charge < -0.3 is 4.57 Å². The molecule has 0 spiro atoms. The number of benzene rings is 2. The van der Waals surface area contributed by atoms with Crippen molar-refractivity contribution in [3.8, 4) is 11.4 Å². The van der Waals surface area contributed by atoms with Gasteiger partial charge in [0.2, 0.25) is 0 Å². The van der Waals surface area contributed by atoms with E-state index in [1.165, 1.54) is 17.7 Å². The summed E-state index contributed by atoms with van der Waals surface area (Å²) in [5.41, 5.74) is 2.13. The molecular weight excluding hydrogens is 309 g/mol. The van der Waals surface area contributed by atoms with E-state index in [4.69, 9.17) is 0 Å². The van der Waals surface area contributed by atoms with Crippen LogP contribution in [0.5, 0.6) is 0 Å². The van der Waals surface area contributed by atoms with Crippen LogP contribution in [0.25, 0.3) is 11.4 Å². The van der Waals surface area contributed by atoms with Crippen molar-refractivity contribution in [2.24, 2.45) is 0 Å². The minimum atomic E-state index is -0.247. The van der Waals surface area contributed by atoms with Crippen molar-refractivity contribution in [2.45, 2.75) is 30.8 Å². The van der Waals surface area contributed by atoms with E-state index in [9.17, 15) is 4.39 Å². The van der Waals surface area contributed by atoms with E-state index in [2.05, 4.69) is 40.7 Å². The quantitative estimate of drug-likeness (QED) is 0.621. The molecule has 1 aromatic heterocycles. The summed E-state index contributed by atoms with van der Waals surface area (Å²) >= 11 is 1.68. The number of halogens is 1. The minimum Gasteiger partial charge on any atom is -0.302 e. The lowest BCUT2D eigenvalue weighted by atomic mass is 10.2. The van der Waals surface area contributed by atoms with Gasteiger partial charge in [-0.25, -0.2) is 4.39 Å². The SMILES string of the molecule is CCn1c(SC(C)c2ccccc2)nnc1-c1ccc(F)cc1. The molecule has 1 heterocycles. The summed E-state index contributed by atoms with van der Waals surface area (Å²) in [7, 11) is 0. The zero-order valence-corrected chi connectivity index (χ0v) is 13.9. The first-order valence-corrected chi connectivity index (χ1v) is 8.47. The highest BCUT2D eigenvalue weighted by Gasteiger charge is 2.16. The number of nitrogens with zero attached hydrogens (tertiary/aromatic N) is 3. The Morgan fingerprint density at radius 1 is 1.04 bits per heavy atom. The maximum Gasteiger partial charge on any atom is 0.192 e. The molecule has 0 bridgehead atoms. The number of rotatable bonds is 5. The Morgan fingerprint density at radius 2 is 1.74 bits per heavy atom. The number of thioether (sulfide) groups is 1. The molecule has 1 atom stereocenters. The lowest BCUT2D eigenvalue weighted by molar-refractivity contribution is 0.627. The van der Waals surface area contributed by atoms with Gasteiger partial charge in [-0.15, -0.1) is 10.2 Å². The van der Waals surface area contributed by atoms with E-state index < -0.39 is 0 Å². The average molecular weight is 327 g/mol. The van der Waals surface area contributed by atoms with Crippen LogP contribution in [0.2, 0.25) is 0 Å². The van der Waals surface area contributed by atoms with Crippen molar-refractivity contribution in [3.63, 3.8) is 0 Å². The summed E-state index contributed by atoms with van der Waals surface area (Å²) in [6.07, 6.45) is 0. The van der Waals surface area contributed by atoms with Crippen molar-refractivity contribution >= 4 is 11.8 Å². The van der Waals surface area contributed by atoms with Crippen molar-refractivity contribution in [1.82, 2.24) is 14.8 Å². The van der Waals surface area contributed by atoms with Gasteiger partial charge in [0.15, 0.2) is 11.0 Å². The van der Waals surface area contributed by atoms with Gasteiger partial charge in [0.05, 0.1) is 0 Å². The Kier molecular flexibility index (Phi) is 4.76. The van der Waals surface area contributed by atoms with Gasteiger partial charge in [-0.1, -0.05) is 42.1 Å². The minimum absolute atomic E-state index is 0.247. The van der Waals surface area contributed by atoms with Crippen molar-refractivity contribution < 1.29 is 4.39 Å². The molecular formula is C18H18FN3S. The molecule has 0 aliphatic rings. The van der Waals surface area contributed by atoms with Gasteiger partial charge >= 0.3 is 0 Å². The zero-order chi connectivity index (χ0) is 16.2. The Morgan fingerprint density at radius 3 is 2.39 bits per heavy atom. The van der Waals surface area contributed by atoms with E-state index in [-0.39, 0.29) is 11.1 Å². The average Bonchev–Trinajstić information content (AvgIpc) is 2.99. The number of hydrogen-bond donors (Lipinski definition) is 0. The molecule has 0 aliphatic heterocycles. The van der Waals surface area contributed by atoms with Crippen LogP contribution < -0.4 is 0 Å². The molecule has 1 unspecified atom stereocenters. The Balaban J connectivity index is 1.88. The summed E-state index contributed by atoms with van der Waals surface area (Å²) in [4.78, 5) is 0. The molecule has 118 valence electrons. The van der Waals surface area contributed by atoms with Crippen molar-refractivity contribution in [1.29, 1.82) is 0 Å². The van der Waals surface area contributed by atoms with Gasteiger partial charge in [-0.05, 0) is 43.7 Å². The molecule has 5 heteroatoms. The van der Waals surface area contributed by atoms with E-state index in [0.29, 0.717) is 0 Å². The largest absolute Gasteiger partial charge is 0.302 e. The predicted molar refractivity (Wildman–Crippen MR) is 91.8 cm³/mol. The molecule has 3 aromatic rings. The van der Waals surface area contributed by atoms with Gasteiger partial charge in [0.1, 0.15) is 5.82 Å². The van der Waals surface area contributed by atoms with Crippen LogP contribution in [0.1, 0.15) is 24.7 Å². The van der Waals surface area contributed by atoms with E-state index in [1.807, 2.05) is 18.2 Å². The zero-order valence-electron chi connectivity index (χ0n) is 13.1. The van der Waals surface area contributed by atoms with Crippen LogP contribution in [0, 0.1) is 5.82 Å². The van der Waals surface area contributed by atoms with Crippen LogP contribution >= 0.6 is 11.8 Å². The van der Waals surface area contributed by atoms with Crippen LogP contribution in [0.15, 0.2) is 59.8 Å². The Hall–Kier alpha value is -2.14. The summed E-state index contributed by atoms with van der Waals surface area (Å²) in [5, 5.41) is 9.80. The van der Waals surface area contributed by atoms with Crippen LogP contribution in [-0.2, 0) is 6.54 Å². The summed E-state index contributed by atoms with van der Waals surface area (Å²) in [6.45, 7) is 4.99. The van der Waals surface area contributed by atoms with Gasteiger partial charge in [0, 0.05) is 17.4 Å². The first kappa shape index (κ1) is 15.7. The molecule has 0 radical (unpaired) electrons. The maximum atomic E-state index is 13.1. The van der Waals surface area contributed by atoms with Crippen LogP contribution in [-0.4, -0.2) is 14.8 Å². The third-order valence-corrected chi connectivity index (χ3v) is 4.83. The molecule has 2 aromatic carbocycles. The van der Waals surface area contributed by atoms with E-state index in [1.54, 1.807) is 23.9 Å². The second-order valence-corrected chi connectivity index (χ2v) is 6.54. The van der Waals surface area contributed by atoms with E-state index >= 15 is 0 Å². The van der Waals surface area contributed by atoms with E-state index in [0.717, 1.165) is 23.1 Å². The first-order valence-electron chi connectivity index (χ1n) is 7.59. The normalized spacial score (nSPS) is 12.3. The monoisotopic (exact) mass is 327 g/mol. The number of hydrogen-bond acceptors (Lipinski definition) is 3. The Labute approximate surface area is 139 Å². The third kappa shape index (κ3) is 3.45. The fourth-order valence-corrected chi connectivity index (χ4v) is 3.46. The van der Waals surface area contributed by atoms with Crippen molar-refractivity contribution in [3.05, 3.63) is 66.0 Å².